The van der Waals surface area contributed by atoms with Gasteiger partial charge in [0.2, 0.25) is 0 Å². The van der Waals surface area contributed by atoms with Crippen LogP contribution in [0, 0.1) is 0 Å². The van der Waals surface area contributed by atoms with Crippen LogP contribution in [0.25, 0.3) is 0 Å². The molecule has 54 valence electrons. The van der Waals surface area contributed by atoms with E-state index in [9.17, 15) is 0 Å². The number of rotatable bonds is 1. The molecule has 0 spiro atoms. The fourth-order valence-electron chi connectivity index (χ4n) is 0. The van der Waals surface area contributed by atoms with E-state index < -0.39 is 5.97 Å². The zero-order valence-corrected chi connectivity index (χ0v) is 7.46. The molecule has 0 amide bonds. The van der Waals surface area contributed by atoms with Crippen molar-refractivity contribution in [1.29, 1.82) is 0 Å². The summed E-state index contributed by atoms with van der Waals surface area (Å²) in [6.45, 7) is -0.389. The van der Waals surface area contributed by atoms with Crippen LogP contribution in [-0.2, 0) is 25.9 Å². The summed E-state index contributed by atoms with van der Waals surface area (Å²) in [5.74, 6) is -1.22. The molecule has 8 heavy (non-hydrogen) atoms. The van der Waals surface area contributed by atoms with E-state index in [4.69, 9.17) is 9.90 Å². The Morgan fingerprint density at radius 2 is 1.62 bits per heavy atom. The van der Waals surface area contributed by atoms with Gasteiger partial charge >= 0.3 is 21.1 Å². The van der Waals surface area contributed by atoms with Crippen LogP contribution in [0.1, 0.15) is 0 Å². The average Bonchev–Trinajstić information content (AvgIpc) is 1.38. The van der Waals surface area contributed by atoms with E-state index in [0.717, 1.165) is 0 Å². The molecule has 0 rings (SSSR count). The zero-order chi connectivity index (χ0) is 4.28. The van der Waals surface area contributed by atoms with Crippen LogP contribution in [0.2, 0.25) is 0 Å². The summed E-state index contributed by atoms with van der Waals surface area (Å²) < 4.78 is 0. The number of hydrogen-bond donors (Lipinski definition) is 1. The van der Waals surface area contributed by atoms with Crippen LogP contribution in [0.4, 0.5) is 0 Å². The van der Waals surface area contributed by atoms with Gasteiger partial charge in [-0.2, -0.15) is 0 Å². The van der Waals surface area contributed by atoms with E-state index >= 15 is 0 Å². The zero-order valence-electron chi connectivity index (χ0n) is 3.67. The Balaban J connectivity index is -0.0000000267. The number of carbonyl (C=O) groups is 1. The first-order valence-corrected chi connectivity index (χ1v) is 1.17. The molecule has 3 nitrogen and oxygen atoms in total. The first-order valence-electron chi connectivity index (χ1n) is 1.17. The molecule has 0 radical (unpaired) electrons. The van der Waals surface area contributed by atoms with Crippen molar-refractivity contribution in [2.75, 3.05) is 6.54 Å². The molecular formula is C2H4Cl2NO2Pt-. The minimum atomic E-state index is -1.22. The molecule has 0 aliphatic heterocycles. The van der Waals surface area contributed by atoms with Crippen LogP contribution in [-0.4, -0.2) is 12.5 Å². The smallest absolute Gasteiger partial charge is 1.00 e. The third-order valence-electron chi connectivity index (χ3n) is 0.167. The van der Waals surface area contributed by atoms with E-state index in [-0.39, 0.29) is 52.4 Å². The van der Waals surface area contributed by atoms with E-state index in [0.29, 0.717) is 0 Å². The average molecular weight is 340 g/mol. The molecule has 0 aromatic carbocycles. The maximum atomic E-state index is 9.13. The number of halogens is 2. The fourth-order valence-corrected chi connectivity index (χ4v) is 0. The largest absolute Gasteiger partial charge is 2.00 e. The Morgan fingerprint density at radius 3 is 1.62 bits per heavy atom. The summed E-state index contributed by atoms with van der Waals surface area (Å²) in [6.07, 6.45) is 0. The van der Waals surface area contributed by atoms with Gasteiger partial charge in [-0.3, -0.25) is 0 Å². The maximum Gasteiger partial charge on any atom is 2.00 e. The number of aliphatic carboxylic acids is 1. The van der Waals surface area contributed by atoms with Crippen molar-refractivity contribution in [3.8, 4) is 0 Å². The van der Waals surface area contributed by atoms with Crippen LogP contribution in [0.15, 0.2) is 0 Å². The monoisotopic (exact) mass is 339 g/mol. The fraction of sp³-hybridized carbons (Fsp3) is 0.500. The number of carboxylic acids is 1. The Hall–Kier alpha value is 0.698. The van der Waals surface area contributed by atoms with Gasteiger partial charge < -0.3 is 40.4 Å². The molecule has 6 heteroatoms. The predicted molar refractivity (Wildman–Crippen MR) is 14.1 cm³/mol. The topological polar surface area (TPSA) is 66.2 Å². The minimum Gasteiger partial charge on any atom is -1.00 e. The number of carboxylic acid groups (broad SMARTS) is 1. The maximum absolute atomic E-state index is 9.13. The molecule has 0 aromatic heterocycles. The van der Waals surface area contributed by atoms with Gasteiger partial charge in [0.05, 0.1) is 5.97 Å². The summed E-state index contributed by atoms with van der Waals surface area (Å²) in [4.78, 5) is 9.13. The van der Waals surface area contributed by atoms with Crippen molar-refractivity contribution in [2.45, 2.75) is 0 Å². The van der Waals surface area contributed by atoms with Gasteiger partial charge in [0, 0.05) is 6.54 Å². The van der Waals surface area contributed by atoms with Gasteiger partial charge in [-0.15, -0.1) is 0 Å². The molecule has 0 fully saturated rings. The Labute approximate surface area is 74.1 Å². The van der Waals surface area contributed by atoms with E-state index in [1.807, 2.05) is 0 Å². The standard InChI is InChI=1S/C2H5NO2.2ClH.Pt/c3-1-2(4)5;;;/h1,3H2,(H,4,5);2*1H;/q;;;+2/p-3. The number of carbonyl (C=O) groups excluding carboxylic acids is 1. The molecule has 0 aromatic rings. The van der Waals surface area contributed by atoms with Crippen molar-refractivity contribution in [3.63, 3.8) is 0 Å². The van der Waals surface area contributed by atoms with Gasteiger partial charge in [-0.1, -0.05) is 0 Å². The van der Waals surface area contributed by atoms with Gasteiger partial charge in [0.15, 0.2) is 0 Å². The second-order valence-corrected chi connectivity index (χ2v) is 0.576. The third kappa shape index (κ3) is 29.9. The van der Waals surface area contributed by atoms with Gasteiger partial charge in [0.1, 0.15) is 0 Å². The molecule has 2 N–H and O–H groups in total. The number of hydrogen-bond acceptors (Lipinski definition) is 3. The minimum absolute atomic E-state index is 0. The summed E-state index contributed by atoms with van der Waals surface area (Å²) in [5, 5.41) is 9.13. The molecule has 0 atom stereocenters. The van der Waals surface area contributed by atoms with E-state index in [1.54, 1.807) is 0 Å². The predicted octanol–water partition coefficient (Wildman–Crippen LogP) is -8.30. The quantitative estimate of drug-likeness (QED) is 0.516. The van der Waals surface area contributed by atoms with Crippen LogP contribution in [0.3, 0.4) is 0 Å². The van der Waals surface area contributed by atoms with Crippen LogP contribution < -0.4 is 35.7 Å². The van der Waals surface area contributed by atoms with Crippen molar-refractivity contribution in [1.82, 2.24) is 0 Å². The normalized spacial score (nSPS) is 4.62. The van der Waals surface area contributed by atoms with Crippen molar-refractivity contribution < 1.29 is 55.8 Å². The molecule has 0 saturated heterocycles. The number of nitrogens with two attached hydrogens (primary N) is 1. The Morgan fingerprint density at radius 1 is 1.50 bits per heavy atom. The second kappa shape index (κ2) is 15.6. The molecule has 0 heterocycles. The van der Waals surface area contributed by atoms with Crippen molar-refractivity contribution in [2.24, 2.45) is 5.73 Å². The molecule has 0 aliphatic rings. The second-order valence-electron chi connectivity index (χ2n) is 0.576. The van der Waals surface area contributed by atoms with Crippen LogP contribution >= 0.6 is 0 Å². The molecule has 0 bridgehead atoms. The molecular weight excluding hydrogens is 336 g/mol. The summed E-state index contributed by atoms with van der Waals surface area (Å²) in [5.41, 5.74) is 4.51. The van der Waals surface area contributed by atoms with Crippen LogP contribution in [0.5, 0.6) is 0 Å². The Kier molecular flexibility index (Phi) is 45.7. The van der Waals surface area contributed by atoms with Gasteiger partial charge in [0.25, 0.3) is 0 Å². The first-order chi connectivity index (χ1) is 2.27. The molecule has 0 unspecified atom stereocenters. The molecule has 0 saturated carbocycles. The van der Waals surface area contributed by atoms with Gasteiger partial charge in [-0.25, -0.2) is 0 Å². The van der Waals surface area contributed by atoms with E-state index in [2.05, 4.69) is 5.73 Å². The Bertz CT molecular complexity index is 53.3. The SMILES string of the molecule is NCC(=O)[O-].[Cl-].[Cl-].[Pt+2]. The van der Waals surface area contributed by atoms with Gasteiger partial charge in [-0.05, 0) is 0 Å². The first kappa shape index (κ1) is 23.4. The summed E-state index contributed by atoms with van der Waals surface area (Å²) >= 11 is 0. The van der Waals surface area contributed by atoms with Crippen molar-refractivity contribution >= 4 is 5.97 Å². The van der Waals surface area contributed by atoms with E-state index in [1.165, 1.54) is 0 Å². The summed E-state index contributed by atoms with van der Waals surface area (Å²) in [6, 6.07) is 0. The third-order valence-corrected chi connectivity index (χ3v) is 0.167. The molecule has 0 aliphatic carbocycles. The summed E-state index contributed by atoms with van der Waals surface area (Å²) in [7, 11) is 0. The van der Waals surface area contributed by atoms with Crippen molar-refractivity contribution in [3.05, 3.63) is 0 Å².